The zero-order valence-corrected chi connectivity index (χ0v) is 11.3. The Hall–Kier alpha value is -1.64. The molecule has 3 rings (SSSR count). The van der Waals surface area contributed by atoms with Crippen LogP contribution in [0.3, 0.4) is 0 Å². The van der Waals surface area contributed by atoms with E-state index in [1.165, 1.54) is 18.9 Å². The van der Waals surface area contributed by atoms with E-state index in [1.54, 1.807) is 12.1 Å². The molecule has 106 valence electrons. The minimum absolute atomic E-state index is 0.0716. The van der Waals surface area contributed by atoms with Gasteiger partial charge in [0, 0.05) is 19.1 Å². The number of nitriles is 1. The van der Waals surface area contributed by atoms with Gasteiger partial charge in [-0.25, -0.2) is 4.39 Å². The van der Waals surface area contributed by atoms with Gasteiger partial charge in [-0.3, -0.25) is 4.90 Å². The predicted molar refractivity (Wildman–Crippen MR) is 73.9 cm³/mol. The molecule has 2 atom stereocenters. The van der Waals surface area contributed by atoms with E-state index >= 15 is 0 Å². The molecule has 0 spiro atoms. The zero-order valence-electron chi connectivity index (χ0n) is 11.3. The van der Waals surface area contributed by atoms with Crippen molar-refractivity contribution in [3.8, 4) is 6.07 Å². The summed E-state index contributed by atoms with van der Waals surface area (Å²) in [7, 11) is 0. The van der Waals surface area contributed by atoms with Crippen molar-refractivity contribution in [2.24, 2.45) is 0 Å². The highest BCUT2D eigenvalue weighted by Crippen LogP contribution is 2.23. The molecule has 5 heteroatoms. The smallest absolute Gasteiger partial charge is 0.143 e. The van der Waals surface area contributed by atoms with Crippen molar-refractivity contribution in [3.63, 3.8) is 0 Å². The van der Waals surface area contributed by atoms with Gasteiger partial charge in [-0.2, -0.15) is 5.26 Å². The maximum absolute atomic E-state index is 13.5. The van der Waals surface area contributed by atoms with Crippen molar-refractivity contribution in [2.45, 2.75) is 25.0 Å². The Morgan fingerprint density at radius 2 is 2.40 bits per heavy atom. The number of anilines is 1. The van der Waals surface area contributed by atoms with E-state index < -0.39 is 5.82 Å². The Morgan fingerprint density at radius 1 is 1.50 bits per heavy atom. The molecule has 1 N–H and O–H groups in total. The number of ether oxygens (including phenoxy) is 1. The van der Waals surface area contributed by atoms with Gasteiger partial charge in [-0.15, -0.1) is 0 Å². The molecule has 0 aliphatic carbocycles. The molecule has 1 aromatic carbocycles. The van der Waals surface area contributed by atoms with Crippen LogP contribution in [-0.4, -0.2) is 43.3 Å². The van der Waals surface area contributed by atoms with Crippen molar-refractivity contribution < 1.29 is 9.13 Å². The molecule has 0 saturated carbocycles. The standard InChI is InChI=1S/C15H18FN3O/c16-14-4-1-5-15(13(14)7-17)18-8-12-9-19-6-2-3-11(19)10-20-12/h1,4-5,11-12,18H,2-3,6,8-10H2. The second-order valence-electron chi connectivity index (χ2n) is 5.40. The second kappa shape index (κ2) is 5.78. The molecule has 4 nitrogen and oxygen atoms in total. The summed E-state index contributed by atoms with van der Waals surface area (Å²) in [6, 6.07) is 7.11. The number of morpholine rings is 1. The van der Waals surface area contributed by atoms with E-state index in [2.05, 4.69) is 10.2 Å². The van der Waals surface area contributed by atoms with Crippen LogP contribution in [0.5, 0.6) is 0 Å². The first-order chi connectivity index (χ1) is 9.78. The molecule has 0 amide bonds. The summed E-state index contributed by atoms with van der Waals surface area (Å²) in [5, 5.41) is 12.1. The first-order valence-electron chi connectivity index (χ1n) is 7.06. The Kier molecular flexibility index (Phi) is 3.86. The lowest BCUT2D eigenvalue weighted by Crippen LogP contribution is -2.48. The van der Waals surface area contributed by atoms with Gasteiger partial charge in [0.15, 0.2) is 0 Å². The van der Waals surface area contributed by atoms with Gasteiger partial charge in [0.05, 0.1) is 18.4 Å². The molecule has 2 saturated heterocycles. The fourth-order valence-corrected chi connectivity index (χ4v) is 3.02. The highest BCUT2D eigenvalue weighted by molar-refractivity contribution is 5.57. The fraction of sp³-hybridized carbons (Fsp3) is 0.533. The maximum atomic E-state index is 13.5. The van der Waals surface area contributed by atoms with Crippen LogP contribution in [0.1, 0.15) is 18.4 Å². The Labute approximate surface area is 118 Å². The lowest BCUT2D eigenvalue weighted by atomic mass is 10.1. The van der Waals surface area contributed by atoms with Crippen LogP contribution in [0.2, 0.25) is 0 Å². The van der Waals surface area contributed by atoms with Gasteiger partial charge < -0.3 is 10.1 Å². The van der Waals surface area contributed by atoms with Gasteiger partial charge in [-0.1, -0.05) is 6.07 Å². The zero-order chi connectivity index (χ0) is 13.9. The number of benzene rings is 1. The summed E-state index contributed by atoms with van der Waals surface area (Å²) in [5.41, 5.74) is 0.613. The first-order valence-corrected chi connectivity index (χ1v) is 7.06. The molecule has 2 unspecified atom stereocenters. The maximum Gasteiger partial charge on any atom is 0.143 e. The van der Waals surface area contributed by atoms with Crippen LogP contribution < -0.4 is 5.32 Å². The van der Waals surface area contributed by atoms with Crippen molar-refractivity contribution in [2.75, 3.05) is 31.6 Å². The van der Waals surface area contributed by atoms with Crippen molar-refractivity contribution >= 4 is 5.69 Å². The molecule has 0 aromatic heterocycles. The molecular weight excluding hydrogens is 257 g/mol. The Morgan fingerprint density at radius 3 is 3.25 bits per heavy atom. The first kappa shape index (κ1) is 13.3. The number of rotatable bonds is 3. The third kappa shape index (κ3) is 2.62. The van der Waals surface area contributed by atoms with Crippen LogP contribution in [0.25, 0.3) is 0 Å². The topological polar surface area (TPSA) is 48.3 Å². The highest BCUT2D eigenvalue weighted by Gasteiger charge is 2.32. The molecule has 1 aromatic rings. The third-order valence-electron chi connectivity index (χ3n) is 4.11. The fourth-order valence-electron chi connectivity index (χ4n) is 3.02. The molecule has 2 heterocycles. The number of hydrogen-bond acceptors (Lipinski definition) is 4. The molecular formula is C15H18FN3O. The van der Waals surface area contributed by atoms with Crippen LogP contribution in [0.4, 0.5) is 10.1 Å². The monoisotopic (exact) mass is 275 g/mol. The lowest BCUT2D eigenvalue weighted by Gasteiger charge is -2.35. The van der Waals surface area contributed by atoms with Crippen molar-refractivity contribution in [1.29, 1.82) is 5.26 Å². The van der Waals surface area contributed by atoms with E-state index in [1.807, 2.05) is 6.07 Å². The number of fused-ring (bicyclic) bond motifs is 1. The van der Waals surface area contributed by atoms with Crippen LogP contribution >= 0.6 is 0 Å². The largest absolute Gasteiger partial charge is 0.381 e. The van der Waals surface area contributed by atoms with Gasteiger partial charge >= 0.3 is 0 Å². The van der Waals surface area contributed by atoms with Gasteiger partial charge in [0.2, 0.25) is 0 Å². The molecule has 2 aliphatic rings. The van der Waals surface area contributed by atoms with Crippen molar-refractivity contribution in [3.05, 3.63) is 29.6 Å². The van der Waals surface area contributed by atoms with Crippen LogP contribution in [0.15, 0.2) is 18.2 Å². The summed E-state index contributed by atoms with van der Waals surface area (Å²) in [6.45, 7) is 3.44. The number of nitrogens with zero attached hydrogens (tertiary/aromatic N) is 2. The molecule has 20 heavy (non-hydrogen) atoms. The van der Waals surface area contributed by atoms with Gasteiger partial charge in [0.25, 0.3) is 0 Å². The minimum Gasteiger partial charge on any atom is -0.381 e. The summed E-state index contributed by atoms with van der Waals surface area (Å²) >= 11 is 0. The van der Waals surface area contributed by atoms with Crippen molar-refractivity contribution in [1.82, 2.24) is 4.90 Å². The second-order valence-corrected chi connectivity index (χ2v) is 5.40. The minimum atomic E-state index is -0.485. The average molecular weight is 275 g/mol. The van der Waals surface area contributed by atoms with E-state index in [9.17, 15) is 4.39 Å². The molecule has 0 bridgehead atoms. The number of nitrogens with one attached hydrogen (secondary N) is 1. The molecule has 2 aliphatic heterocycles. The predicted octanol–water partition coefficient (Wildman–Crippen LogP) is 1.97. The Balaban J connectivity index is 1.60. The number of hydrogen-bond donors (Lipinski definition) is 1. The van der Waals surface area contributed by atoms with E-state index in [4.69, 9.17) is 10.00 Å². The van der Waals surface area contributed by atoms with Crippen LogP contribution in [0, 0.1) is 17.1 Å². The summed E-state index contributed by atoms with van der Waals surface area (Å²) in [5.74, 6) is -0.485. The molecule has 0 radical (unpaired) electrons. The normalized spacial score (nSPS) is 26.0. The highest BCUT2D eigenvalue weighted by atomic mass is 19.1. The Bertz CT molecular complexity index is 528. The van der Waals surface area contributed by atoms with Gasteiger partial charge in [0.1, 0.15) is 17.4 Å². The molecule has 2 fully saturated rings. The van der Waals surface area contributed by atoms with E-state index in [-0.39, 0.29) is 11.7 Å². The van der Waals surface area contributed by atoms with Crippen LogP contribution in [-0.2, 0) is 4.74 Å². The van der Waals surface area contributed by atoms with E-state index in [0.29, 0.717) is 18.3 Å². The SMILES string of the molecule is N#Cc1c(F)cccc1NCC1CN2CCCC2CO1. The summed E-state index contributed by atoms with van der Waals surface area (Å²) in [4.78, 5) is 2.46. The number of halogens is 1. The summed E-state index contributed by atoms with van der Waals surface area (Å²) in [6.07, 6.45) is 2.57. The lowest BCUT2D eigenvalue weighted by molar-refractivity contribution is -0.0415. The summed E-state index contributed by atoms with van der Waals surface area (Å²) < 4.78 is 19.3. The van der Waals surface area contributed by atoms with Gasteiger partial charge in [-0.05, 0) is 31.5 Å². The van der Waals surface area contributed by atoms with E-state index in [0.717, 1.165) is 19.7 Å². The average Bonchev–Trinajstić information content (AvgIpc) is 2.92. The quantitative estimate of drug-likeness (QED) is 0.916. The third-order valence-corrected chi connectivity index (χ3v) is 4.11.